The van der Waals surface area contributed by atoms with Crippen LogP contribution in [0.3, 0.4) is 0 Å². The number of hydrogen-bond acceptors (Lipinski definition) is 4. The first-order chi connectivity index (χ1) is 10.0. The molecule has 0 bridgehead atoms. The molecule has 0 radical (unpaired) electrons. The highest BCUT2D eigenvalue weighted by atomic mass is 35.5. The van der Waals surface area contributed by atoms with Crippen LogP contribution in [-0.4, -0.2) is 24.5 Å². The maximum absolute atomic E-state index is 12.2. The Morgan fingerprint density at radius 3 is 2.71 bits per heavy atom. The van der Waals surface area contributed by atoms with Gasteiger partial charge in [-0.2, -0.15) is 0 Å². The van der Waals surface area contributed by atoms with Gasteiger partial charge >= 0.3 is 0 Å². The van der Waals surface area contributed by atoms with Gasteiger partial charge in [0.05, 0.1) is 22.2 Å². The van der Waals surface area contributed by atoms with Crippen molar-refractivity contribution in [1.82, 2.24) is 10.3 Å². The van der Waals surface area contributed by atoms with Crippen molar-refractivity contribution >= 4 is 40.4 Å². The van der Waals surface area contributed by atoms with Crippen molar-refractivity contribution in [2.45, 2.75) is 13.3 Å². The van der Waals surface area contributed by atoms with Gasteiger partial charge < -0.3 is 10.1 Å². The molecule has 0 aliphatic rings. The molecule has 0 saturated heterocycles. The summed E-state index contributed by atoms with van der Waals surface area (Å²) in [5, 5.41) is 6.42. The number of nitrogens with one attached hydrogen (secondary N) is 1. The van der Waals surface area contributed by atoms with Crippen LogP contribution in [-0.2, 0) is 6.42 Å². The van der Waals surface area contributed by atoms with Crippen molar-refractivity contribution in [2.75, 3.05) is 13.7 Å². The second-order valence-electron chi connectivity index (χ2n) is 4.33. The lowest BCUT2D eigenvalue weighted by molar-refractivity contribution is 0.0951. The van der Waals surface area contributed by atoms with Gasteiger partial charge in [-0.3, -0.25) is 4.79 Å². The summed E-state index contributed by atoms with van der Waals surface area (Å²) in [4.78, 5) is 16.6. The highest BCUT2D eigenvalue weighted by Gasteiger charge is 2.19. The molecule has 1 heterocycles. The van der Waals surface area contributed by atoms with Crippen LogP contribution >= 0.6 is 34.5 Å². The van der Waals surface area contributed by atoms with Crippen LogP contribution in [0.15, 0.2) is 17.5 Å². The molecule has 1 N–H and O–H groups in total. The van der Waals surface area contributed by atoms with Crippen LogP contribution in [0.2, 0.25) is 10.0 Å². The van der Waals surface area contributed by atoms with E-state index in [0.29, 0.717) is 23.0 Å². The van der Waals surface area contributed by atoms with Crippen LogP contribution < -0.4 is 10.1 Å². The molecule has 7 heteroatoms. The predicted octanol–water partition coefficient (Wildman–Crippen LogP) is 3.74. The quantitative estimate of drug-likeness (QED) is 0.898. The van der Waals surface area contributed by atoms with E-state index in [1.54, 1.807) is 23.5 Å². The maximum atomic E-state index is 12.2. The number of carbonyl (C=O) groups excluding carboxylic acids is 1. The highest BCUT2D eigenvalue weighted by Crippen LogP contribution is 2.33. The van der Waals surface area contributed by atoms with Crippen molar-refractivity contribution in [3.05, 3.63) is 43.8 Å². The van der Waals surface area contributed by atoms with Crippen molar-refractivity contribution in [1.29, 1.82) is 0 Å². The minimum Gasteiger partial charge on any atom is -0.494 e. The Morgan fingerprint density at radius 1 is 1.38 bits per heavy atom. The molecule has 1 amide bonds. The van der Waals surface area contributed by atoms with Crippen LogP contribution in [0.25, 0.3) is 0 Å². The molecule has 1 aromatic carbocycles. The third-order valence-corrected chi connectivity index (χ3v) is 4.42. The van der Waals surface area contributed by atoms with E-state index in [9.17, 15) is 4.79 Å². The van der Waals surface area contributed by atoms with Gasteiger partial charge in [-0.1, -0.05) is 23.2 Å². The number of halogens is 2. The van der Waals surface area contributed by atoms with E-state index < -0.39 is 0 Å². The van der Waals surface area contributed by atoms with E-state index >= 15 is 0 Å². The van der Waals surface area contributed by atoms with Crippen LogP contribution in [0.1, 0.15) is 21.1 Å². The lowest BCUT2D eigenvalue weighted by Gasteiger charge is -2.12. The van der Waals surface area contributed by atoms with Crippen LogP contribution in [0.5, 0.6) is 5.75 Å². The van der Waals surface area contributed by atoms with Gasteiger partial charge in [-0.25, -0.2) is 4.98 Å². The zero-order valence-corrected chi connectivity index (χ0v) is 13.9. The monoisotopic (exact) mass is 344 g/mol. The molecule has 0 aliphatic carbocycles. The Kier molecular flexibility index (Phi) is 5.45. The van der Waals surface area contributed by atoms with Crippen molar-refractivity contribution < 1.29 is 9.53 Å². The summed E-state index contributed by atoms with van der Waals surface area (Å²) in [5.74, 6) is -0.0283. The van der Waals surface area contributed by atoms with E-state index in [2.05, 4.69) is 10.3 Å². The fraction of sp³-hybridized carbons (Fsp3) is 0.286. The average molecular weight is 345 g/mol. The molecule has 1 aromatic heterocycles. The minimum atomic E-state index is -0.312. The Labute approximate surface area is 137 Å². The number of methoxy groups -OCH3 is 1. The second kappa shape index (κ2) is 7.11. The molecule has 0 spiro atoms. The molecule has 0 atom stereocenters. The standard InChI is InChI=1S/C14H14Cl2N2O2S/c1-8-7-21-11(18-8)5-6-17-14(19)12-9(15)3-4-10(16)13(12)20-2/h3-4,7H,5-6H2,1-2H3,(H,17,19). The van der Waals surface area contributed by atoms with Gasteiger partial charge in [-0.15, -0.1) is 11.3 Å². The third kappa shape index (κ3) is 3.87. The second-order valence-corrected chi connectivity index (χ2v) is 6.08. The summed E-state index contributed by atoms with van der Waals surface area (Å²) in [6.07, 6.45) is 0.671. The predicted molar refractivity (Wildman–Crippen MR) is 85.9 cm³/mol. The molecule has 0 aliphatic heterocycles. The number of ether oxygens (including phenoxy) is 1. The average Bonchev–Trinajstić information content (AvgIpc) is 2.86. The van der Waals surface area contributed by atoms with Gasteiger partial charge in [0.15, 0.2) is 5.75 Å². The van der Waals surface area contributed by atoms with E-state index in [4.69, 9.17) is 27.9 Å². The van der Waals surface area contributed by atoms with Gasteiger partial charge in [-0.05, 0) is 19.1 Å². The maximum Gasteiger partial charge on any atom is 0.256 e. The molecule has 4 nitrogen and oxygen atoms in total. The summed E-state index contributed by atoms with van der Waals surface area (Å²) in [5.41, 5.74) is 1.24. The molecule has 21 heavy (non-hydrogen) atoms. The lowest BCUT2D eigenvalue weighted by Crippen LogP contribution is -2.26. The molecule has 0 saturated carbocycles. The number of carbonyl (C=O) groups is 1. The normalized spacial score (nSPS) is 10.5. The largest absolute Gasteiger partial charge is 0.494 e. The number of aryl methyl sites for hydroxylation is 1. The first-order valence-electron chi connectivity index (χ1n) is 6.24. The number of thiazole rings is 1. The summed E-state index contributed by atoms with van der Waals surface area (Å²) in [6.45, 7) is 2.41. The Morgan fingerprint density at radius 2 is 2.10 bits per heavy atom. The number of amides is 1. The summed E-state index contributed by atoms with van der Waals surface area (Å²) in [7, 11) is 1.45. The van der Waals surface area contributed by atoms with Gasteiger partial charge in [0.1, 0.15) is 5.56 Å². The fourth-order valence-electron chi connectivity index (χ4n) is 1.83. The molecule has 112 valence electrons. The van der Waals surface area contributed by atoms with Gasteiger partial charge in [0.25, 0.3) is 5.91 Å². The molecular weight excluding hydrogens is 331 g/mol. The number of nitrogens with zero attached hydrogens (tertiary/aromatic N) is 1. The number of rotatable bonds is 5. The lowest BCUT2D eigenvalue weighted by atomic mass is 10.2. The van der Waals surface area contributed by atoms with Crippen molar-refractivity contribution in [2.24, 2.45) is 0 Å². The number of benzene rings is 1. The SMILES string of the molecule is COc1c(Cl)ccc(Cl)c1C(=O)NCCc1nc(C)cs1. The topological polar surface area (TPSA) is 51.2 Å². The van der Waals surface area contributed by atoms with E-state index in [-0.39, 0.29) is 17.2 Å². The molecule has 2 aromatic rings. The molecular formula is C14H14Cl2N2O2S. The van der Waals surface area contributed by atoms with E-state index in [1.807, 2.05) is 12.3 Å². The first-order valence-corrected chi connectivity index (χ1v) is 7.87. The number of hydrogen-bond donors (Lipinski definition) is 1. The summed E-state index contributed by atoms with van der Waals surface area (Å²) in [6, 6.07) is 3.17. The highest BCUT2D eigenvalue weighted by molar-refractivity contribution is 7.09. The smallest absolute Gasteiger partial charge is 0.256 e. The third-order valence-electron chi connectivity index (χ3n) is 2.78. The summed E-state index contributed by atoms with van der Waals surface area (Å²) >= 11 is 13.6. The van der Waals surface area contributed by atoms with Crippen molar-refractivity contribution in [3.8, 4) is 5.75 Å². The summed E-state index contributed by atoms with van der Waals surface area (Å²) < 4.78 is 5.16. The van der Waals surface area contributed by atoms with Gasteiger partial charge in [0.2, 0.25) is 0 Å². The van der Waals surface area contributed by atoms with E-state index in [0.717, 1.165) is 10.7 Å². The first kappa shape index (κ1) is 16.1. The Balaban J connectivity index is 2.05. The minimum absolute atomic E-state index is 0.252. The van der Waals surface area contributed by atoms with Gasteiger partial charge in [0, 0.05) is 24.0 Å². The zero-order chi connectivity index (χ0) is 15.4. The molecule has 0 fully saturated rings. The van der Waals surface area contributed by atoms with Crippen LogP contribution in [0, 0.1) is 6.92 Å². The molecule has 0 unspecified atom stereocenters. The Hall–Kier alpha value is -1.30. The van der Waals surface area contributed by atoms with Crippen LogP contribution in [0.4, 0.5) is 0 Å². The van der Waals surface area contributed by atoms with E-state index in [1.165, 1.54) is 7.11 Å². The zero-order valence-electron chi connectivity index (χ0n) is 11.6. The number of aromatic nitrogens is 1. The Bertz CT molecular complexity index is 658. The molecule has 2 rings (SSSR count). The van der Waals surface area contributed by atoms with Crippen molar-refractivity contribution in [3.63, 3.8) is 0 Å². The fourth-order valence-corrected chi connectivity index (χ4v) is 3.08.